The van der Waals surface area contributed by atoms with Crippen LogP contribution >= 0.6 is 0 Å². The molecule has 2 fully saturated rings. The summed E-state index contributed by atoms with van der Waals surface area (Å²) in [6, 6.07) is 1.83. The number of carbonyl (C=O) groups is 6. The lowest BCUT2D eigenvalue weighted by Crippen LogP contribution is -2.64. The maximum absolute atomic E-state index is 13.4. The largest absolute Gasteiger partial charge is 0.481 e. The van der Waals surface area contributed by atoms with Crippen molar-refractivity contribution in [2.45, 2.75) is 37.8 Å². The number of hydrogen-bond donors (Lipinski definition) is 3. The topological polar surface area (TPSA) is 175 Å². The van der Waals surface area contributed by atoms with Gasteiger partial charge in [-0.05, 0) is 36.6 Å². The summed E-state index contributed by atoms with van der Waals surface area (Å²) in [6.45, 7) is 0.172. The number of urea groups is 1. The number of carboxylic acids is 1. The first kappa shape index (κ1) is 25.5. The van der Waals surface area contributed by atoms with E-state index in [-0.39, 0.29) is 32.7 Å². The molecule has 0 unspecified atom stereocenters. The second-order valence-electron chi connectivity index (χ2n) is 8.47. The summed E-state index contributed by atoms with van der Waals surface area (Å²) in [6.07, 6.45) is 2.86. The second-order valence-corrected chi connectivity index (χ2v) is 8.47. The van der Waals surface area contributed by atoms with Gasteiger partial charge < -0.3 is 24.7 Å². The zero-order valence-electron chi connectivity index (χ0n) is 19.6. The highest BCUT2D eigenvalue weighted by atomic mass is 16.7. The molecule has 5 amide bonds. The number of rotatable bonds is 8. The fourth-order valence-corrected chi connectivity index (χ4v) is 4.18. The maximum atomic E-state index is 13.4. The number of ether oxygens (including phenoxy) is 2. The summed E-state index contributed by atoms with van der Waals surface area (Å²) in [4.78, 5) is 73.7. The van der Waals surface area contributed by atoms with Crippen LogP contribution in [0.15, 0.2) is 24.3 Å². The molecule has 3 aliphatic heterocycles. The van der Waals surface area contributed by atoms with Crippen molar-refractivity contribution in [1.29, 1.82) is 0 Å². The van der Waals surface area contributed by atoms with Crippen LogP contribution in [0, 0.1) is 0 Å². The zero-order chi connectivity index (χ0) is 26.5. The lowest BCUT2D eigenvalue weighted by molar-refractivity contribution is -0.155. The highest BCUT2D eigenvalue weighted by Gasteiger charge is 2.44. The number of hydrogen-bond acceptors (Lipinski definition) is 8. The van der Waals surface area contributed by atoms with E-state index >= 15 is 0 Å². The van der Waals surface area contributed by atoms with E-state index in [2.05, 4.69) is 10.7 Å². The fraction of sp³-hybridized carbons (Fsp3) is 0.391. The van der Waals surface area contributed by atoms with Crippen LogP contribution in [-0.4, -0.2) is 88.1 Å². The number of benzene rings is 1. The zero-order valence-corrected chi connectivity index (χ0v) is 19.6. The van der Waals surface area contributed by atoms with Crippen molar-refractivity contribution in [3.05, 3.63) is 29.8 Å². The van der Waals surface area contributed by atoms with Gasteiger partial charge in [-0.15, -0.1) is 0 Å². The van der Waals surface area contributed by atoms with Crippen LogP contribution in [0.2, 0.25) is 0 Å². The van der Waals surface area contributed by atoms with Crippen LogP contribution in [-0.2, 0) is 24.0 Å². The van der Waals surface area contributed by atoms with Crippen LogP contribution in [0.3, 0.4) is 0 Å². The van der Waals surface area contributed by atoms with Crippen molar-refractivity contribution in [2.24, 2.45) is 0 Å². The predicted molar refractivity (Wildman–Crippen MR) is 123 cm³/mol. The molecule has 3 aliphatic rings. The molecule has 14 nitrogen and oxygen atoms in total. The van der Waals surface area contributed by atoms with E-state index in [9.17, 15) is 28.8 Å². The van der Waals surface area contributed by atoms with Crippen molar-refractivity contribution in [3.63, 3.8) is 0 Å². The normalized spacial score (nSPS) is 19.8. The Labute approximate surface area is 210 Å². The van der Waals surface area contributed by atoms with Gasteiger partial charge in [-0.1, -0.05) is 6.07 Å². The third-order valence-corrected chi connectivity index (χ3v) is 5.92. The van der Waals surface area contributed by atoms with E-state index in [0.717, 1.165) is 15.0 Å². The average molecular weight is 515 g/mol. The number of hydrazine groups is 2. The summed E-state index contributed by atoms with van der Waals surface area (Å²) < 4.78 is 10.5. The van der Waals surface area contributed by atoms with Crippen LogP contribution in [0.4, 0.5) is 4.79 Å². The summed E-state index contributed by atoms with van der Waals surface area (Å²) in [5, 5.41) is 14.3. The van der Waals surface area contributed by atoms with Gasteiger partial charge in [-0.2, -0.15) is 0 Å². The van der Waals surface area contributed by atoms with Crippen molar-refractivity contribution in [1.82, 2.24) is 25.8 Å². The molecule has 37 heavy (non-hydrogen) atoms. The smallest absolute Gasteiger partial charge is 0.358 e. The molecule has 0 aliphatic carbocycles. The molecule has 1 aromatic carbocycles. The Kier molecular flexibility index (Phi) is 7.55. The summed E-state index contributed by atoms with van der Waals surface area (Å²) in [5.41, 5.74) is 3.09. The third kappa shape index (κ3) is 5.79. The summed E-state index contributed by atoms with van der Waals surface area (Å²) >= 11 is 0. The number of aliphatic carboxylic acids is 1. The molecule has 2 atom stereocenters. The monoisotopic (exact) mass is 515 g/mol. The minimum Gasteiger partial charge on any atom is -0.481 e. The molecule has 4 rings (SSSR count). The lowest BCUT2D eigenvalue weighted by Gasteiger charge is -2.42. The molecular weight excluding hydrogens is 490 g/mol. The number of aldehydes is 1. The van der Waals surface area contributed by atoms with E-state index in [1.807, 2.05) is 0 Å². The average Bonchev–Trinajstić information content (AvgIpc) is 3.31. The molecule has 0 radical (unpaired) electrons. The molecule has 3 heterocycles. The Morgan fingerprint density at radius 2 is 1.95 bits per heavy atom. The van der Waals surface area contributed by atoms with Gasteiger partial charge in [0.15, 0.2) is 11.5 Å². The third-order valence-electron chi connectivity index (χ3n) is 5.92. The second kappa shape index (κ2) is 11.0. The van der Waals surface area contributed by atoms with Gasteiger partial charge in [-0.3, -0.25) is 24.6 Å². The minimum absolute atomic E-state index is 0.0985. The van der Waals surface area contributed by atoms with E-state index in [0.29, 0.717) is 29.8 Å². The van der Waals surface area contributed by atoms with Gasteiger partial charge in [0.05, 0.1) is 19.0 Å². The van der Waals surface area contributed by atoms with Gasteiger partial charge in [0, 0.05) is 19.0 Å². The maximum Gasteiger partial charge on any atom is 0.358 e. The predicted octanol–water partition coefficient (Wildman–Crippen LogP) is -0.348. The van der Waals surface area contributed by atoms with E-state index in [4.69, 9.17) is 14.6 Å². The molecular formula is C23H25N5O9. The van der Waals surface area contributed by atoms with Crippen LogP contribution in [0.1, 0.15) is 31.2 Å². The number of nitrogens with zero attached hydrogens (tertiary/aromatic N) is 3. The Bertz CT molecular complexity index is 1150. The molecule has 1 aromatic rings. The Morgan fingerprint density at radius 3 is 2.70 bits per heavy atom. The van der Waals surface area contributed by atoms with Crippen molar-refractivity contribution in [2.75, 3.05) is 19.9 Å². The van der Waals surface area contributed by atoms with Crippen molar-refractivity contribution < 1.29 is 43.3 Å². The SMILES string of the molecule is O=C[C@H](CC(=O)O)NC(=O)[C@@H]1CCCN2C(=O)CCN(NC(=O)/C=C/c3ccc4c(c3)OCO4)C(=O)N12. The first-order valence-electron chi connectivity index (χ1n) is 11.5. The number of fused-ring (bicyclic) bond motifs is 2. The number of nitrogens with one attached hydrogen (secondary N) is 2. The molecule has 14 heteroatoms. The fourth-order valence-electron chi connectivity index (χ4n) is 4.18. The first-order chi connectivity index (χ1) is 17.8. The lowest BCUT2D eigenvalue weighted by atomic mass is 10.1. The van der Waals surface area contributed by atoms with E-state index in [1.165, 1.54) is 12.2 Å². The molecule has 2 saturated heterocycles. The molecule has 0 spiro atoms. The van der Waals surface area contributed by atoms with Gasteiger partial charge in [0.1, 0.15) is 12.3 Å². The minimum atomic E-state index is -1.30. The number of carbonyl (C=O) groups excluding carboxylic acids is 5. The van der Waals surface area contributed by atoms with Crippen LogP contribution in [0.25, 0.3) is 6.08 Å². The molecule has 0 bridgehead atoms. The highest BCUT2D eigenvalue weighted by molar-refractivity contribution is 5.95. The Balaban J connectivity index is 1.46. The van der Waals surface area contributed by atoms with Crippen molar-refractivity contribution in [3.8, 4) is 11.5 Å². The van der Waals surface area contributed by atoms with Crippen molar-refractivity contribution >= 4 is 42.1 Å². The summed E-state index contributed by atoms with van der Waals surface area (Å²) in [5.74, 6) is -2.00. The Hall–Kier alpha value is -4.62. The number of amides is 5. The van der Waals surface area contributed by atoms with Crippen LogP contribution < -0.4 is 20.2 Å². The van der Waals surface area contributed by atoms with Gasteiger partial charge >= 0.3 is 12.0 Å². The quantitative estimate of drug-likeness (QED) is 0.309. The Morgan fingerprint density at radius 1 is 1.16 bits per heavy atom. The molecule has 0 saturated carbocycles. The van der Waals surface area contributed by atoms with Gasteiger partial charge in [-0.25, -0.2) is 19.8 Å². The number of carboxylic acid groups (broad SMARTS) is 1. The standard InChI is InChI=1S/C23H25N5O9/c29-12-15(11-21(32)33)24-22(34)16-2-1-8-27-20(31)7-9-26(23(35)28(16)27)25-19(30)6-4-14-3-5-17-18(10-14)37-13-36-17/h3-6,10,12,15-16H,1-2,7-9,11,13H2,(H,24,34)(H,25,30)(H,32,33)/b6-4+/t15-,16-/m0/s1. The van der Waals surface area contributed by atoms with Crippen LogP contribution in [0.5, 0.6) is 11.5 Å². The van der Waals surface area contributed by atoms with Gasteiger partial charge in [0.2, 0.25) is 18.6 Å². The van der Waals surface area contributed by atoms with Gasteiger partial charge in [0.25, 0.3) is 5.91 Å². The first-order valence-corrected chi connectivity index (χ1v) is 11.5. The molecule has 0 aromatic heterocycles. The van der Waals surface area contributed by atoms with E-state index in [1.54, 1.807) is 18.2 Å². The highest BCUT2D eigenvalue weighted by Crippen LogP contribution is 2.32. The summed E-state index contributed by atoms with van der Waals surface area (Å²) in [7, 11) is 0. The molecule has 3 N–H and O–H groups in total. The molecule has 196 valence electrons. The van der Waals surface area contributed by atoms with E-state index < -0.39 is 48.2 Å².